The van der Waals surface area contributed by atoms with Crippen molar-refractivity contribution in [2.75, 3.05) is 41.3 Å². The van der Waals surface area contributed by atoms with Gasteiger partial charge in [0.15, 0.2) is 28.4 Å². The van der Waals surface area contributed by atoms with Gasteiger partial charge in [-0.25, -0.2) is 22.0 Å². The first-order valence-electron chi connectivity index (χ1n) is 11.4. The second-order valence-electron chi connectivity index (χ2n) is 8.65. The van der Waals surface area contributed by atoms with Gasteiger partial charge in [-0.15, -0.1) is 0 Å². The minimum absolute atomic E-state index is 0.0625. The number of amides is 1. The van der Waals surface area contributed by atoms with E-state index in [1.165, 1.54) is 0 Å². The number of halogens is 5. The number of hydrogen-bond acceptors (Lipinski definition) is 4. The SMILES string of the molecule is Cc1ccc(C(=O)NC(=S)Nc2ccc(N3CCN(c4c(F)c(F)c(F)c(F)c4F)CC3)cc2)cc1C. The second-order valence-corrected chi connectivity index (χ2v) is 9.06. The summed E-state index contributed by atoms with van der Waals surface area (Å²) in [5, 5.41) is 5.71. The van der Waals surface area contributed by atoms with E-state index in [1.54, 1.807) is 36.4 Å². The molecule has 4 rings (SSSR count). The van der Waals surface area contributed by atoms with E-state index >= 15 is 0 Å². The minimum Gasteiger partial charge on any atom is -0.368 e. The van der Waals surface area contributed by atoms with Crippen molar-refractivity contribution in [3.8, 4) is 0 Å². The van der Waals surface area contributed by atoms with Gasteiger partial charge in [-0.3, -0.25) is 10.1 Å². The number of nitrogens with one attached hydrogen (secondary N) is 2. The lowest BCUT2D eigenvalue weighted by Gasteiger charge is -2.37. The first-order chi connectivity index (χ1) is 17.6. The fourth-order valence-electron chi connectivity index (χ4n) is 4.04. The van der Waals surface area contributed by atoms with Crippen molar-refractivity contribution in [3.05, 3.63) is 88.2 Å². The molecule has 1 heterocycles. The molecule has 0 radical (unpaired) electrons. The molecule has 5 nitrogen and oxygen atoms in total. The van der Waals surface area contributed by atoms with Crippen molar-refractivity contribution < 1.29 is 26.7 Å². The molecule has 1 fully saturated rings. The summed E-state index contributed by atoms with van der Waals surface area (Å²) >= 11 is 5.24. The molecule has 1 amide bonds. The highest BCUT2D eigenvalue weighted by Crippen LogP contribution is 2.31. The van der Waals surface area contributed by atoms with Crippen LogP contribution in [0, 0.1) is 42.9 Å². The van der Waals surface area contributed by atoms with E-state index in [2.05, 4.69) is 10.6 Å². The van der Waals surface area contributed by atoms with Gasteiger partial charge in [-0.05, 0) is 73.6 Å². The van der Waals surface area contributed by atoms with Crippen LogP contribution in [0.2, 0.25) is 0 Å². The van der Waals surface area contributed by atoms with Gasteiger partial charge in [-0.1, -0.05) is 6.07 Å². The monoisotopic (exact) mass is 534 g/mol. The summed E-state index contributed by atoms with van der Waals surface area (Å²) in [4.78, 5) is 15.5. The Morgan fingerprint density at radius 2 is 1.30 bits per heavy atom. The molecule has 37 heavy (non-hydrogen) atoms. The average Bonchev–Trinajstić information content (AvgIpc) is 2.89. The summed E-state index contributed by atoms with van der Waals surface area (Å²) in [5.74, 6) is -10.1. The Morgan fingerprint density at radius 3 is 1.86 bits per heavy atom. The number of hydrogen-bond donors (Lipinski definition) is 2. The normalized spacial score (nSPS) is 13.5. The summed E-state index contributed by atoms with van der Waals surface area (Å²) in [6, 6.07) is 12.5. The molecule has 3 aromatic carbocycles. The number of piperazine rings is 1. The van der Waals surface area contributed by atoms with Gasteiger partial charge in [-0.2, -0.15) is 0 Å². The van der Waals surface area contributed by atoms with E-state index < -0.39 is 34.8 Å². The zero-order valence-electron chi connectivity index (χ0n) is 20.0. The number of thiocarbonyl (C=S) groups is 1. The number of anilines is 3. The lowest BCUT2D eigenvalue weighted by atomic mass is 10.1. The Hall–Kier alpha value is -3.73. The number of nitrogens with zero attached hydrogens (tertiary/aromatic N) is 2. The Morgan fingerprint density at radius 1 is 0.757 bits per heavy atom. The summed E-state index contributed by atoms with van der Waals surface area (Å²) in [6.07, 6.45) is 0. The Labute approximate surface area is 215 Å². The maximum atomic E-state index is 14.1. The van der Waals surface area contributed by atoms with Gasteiger partial charge in [0.25, 0.3) is 5.91 Å². The Balaban J connectivity index is 1.35. The van der Waals surface area contributed by atoms with Gasteiger partial charge < -0.3 is 15.1 Å². The molecule has 0 aliphatic carbocycles. The highest BCUT2D eigenvalue weighted by Gasteiger charge is 2.30. The second kappa shape index (κ2) is 10.7. The highest BCUT2D eigenvalue weighted by atomic mass is 32.1. The fourth-order valence-corrected chi connectivity index (χ4v) is 4.25. The van der Waals surface area contributed by atoms with Crippen LogP contribution in [0.1, 0.15) is 21.5 Å². The van der Waals surface area contributed by atoms with Crippen LogP contribution < -0.4 is 20.4 Å². The number of carbonyl (C=O) groups is 1. The molecule has 0 unspecified atom stereocenters. The maximum absolute atomic E-state index is 14.1. The van der Waals surface area contributed by atoms with Crippen LogP contribution in [0.3, 0.4) is 0 Å². The minimum atomic E-state index is -2.17. The standard InChI is InChI=1S/C26H23F5N4OS/c1-14-3-4-16(13-15(14)2)25(36)33-26(37)32-17-5-7-18(8-6-17)34-9-11-35(12-10-34)24-22(30)20(28)19(27)21(29)23(24)31/h3-8,13H,9-12H2,1-2H3,(H2,32,33,36,37). The van der Waals surface area contributed by atoms with Gasteiger partial charge in [0.05, 0.1) is 0 Å². The van der Waals surface area contributed by atoms with Gasteiger partial charge in [0.1, 0.15) is 5.69 Å². The number of rotatable bonds is 4. The lowest BCUT2D eigenvalue weighted by molar-refractivity contribution is 0.0977. The largest absolute Gasteiger partial charge is 0.368 e. The summed E-state index contributed by atoms with van der Waals surface area (Å²) in [7, 11) is 0. The molecule has 3 aromatic rings. The molecule has 0 aromatic heterocycles. The lowest BCUT2D eigenvalue weighted by Crippen LogP contribution is -2.47. The molecule has 2 N–H and O–H groups in total. The third kappa shape index (κ3) is 5.51. The summed E-state index contributed by atoms with van der Waals surface area (Å²) < 4.78 is 68.8. The summed E-state index contributed by atoms with van der Waals surface area (Å²) in [5.41, 5.74) is 3.09. The van der Waals surface area contributed by atoms with E-state index in [0.717, 1.165) is 21.7 Å². The zero-order valence-corrected chi connectivity index (χ0v) is 20.8. The zero-order chi connectivity index (χ0) is 26.9. The van der Waals surface area contributed by atoms with Crippen molar-refractivity contribution in [3.63, 3.8) is 0 Å². The molecule has 1 aliphatic rings. The average molecular weight is 535 g/mol. The topological polar surface area (TPSA) is 47.6 Å². The van der Waals surface area contributed by atoms with Crippen LogP contribution in [-0.4, -0.2) is 37.2 Å². The fraction of sp³-hybridized carbons (Fsp3) is 0.231. The van der Waals surface area contributed by atoms with E-state index in [9.17, 15) is 26.7 Å². The van der Waals surface area contributed by atoms with Crippen LogP contribution in [0.4, 0.5) is 39.0 Å². The highest BCUT2D eigenvalue weighted by molar-refractivity contribution is 7.80. The van der Waals surface area contributed by atoms with Gasteiger partial charge >= 0.3 is 0 Å². The van der Waals surface area contributed by atoms with E-state index in [-0.39, 0.29) is 24.1 Å². The predicted molar refractivity (Wildman–Crippen MR) is 137 cm³/mol. The third-order valence-corrected chi connectivity index (χ3v) is 6.47. The van der Waals surface area contributed by atoms with Crippen LogP contribution in [0.25, 0.3) is 0 Å². The van der Waals surface area contributed by atoms with Crippen LogP contribution >= 0.6 is 12.2 Å². The quantitative estimate of drug-likeness (QED) is 0.202. The van der Waals surface area contributed by atoms with E-state index in [0.29, 0.717) is 24.3 Å². The molecule has 11 heteroatoms. The molecular weight excluding hydrogens is 511 g/mol. The molecule has 1 saturated heterocycles. The van der Waals surface area contributed by atoms with Crippen molar-refractivity contribution in [2.45, 2.75) is 13.8 Å². The van der Waals surface area contributed by atoms with Crippen molar-refractivity contribution in [1.29, 1.82) is 0 Å². The number of carbonyl (C=O) groups excluding carboxylic acids is 1. The number of benzene rings is 3. The number of aryl methyl sites for hydroxylation is 2. The predicted octanol–water partition coefficient (Wildman–Crippen LogP) is 5.45. The van der Waals surface area contributed by atoms with Crippen molar-refractivity contribution in [2.24, 2.45) is 0 Å². The van der Waals surface area contributed by atoms with Gasteiger partial charge in [0, 0.05) is 43.1 Å². The third-order valence-electron chi connectivity index (χ3n) is 6.27. The molecular formula is C26H23F5N4OS. The van der Waals surface area contributed by atoms with Crippen LogP contribution in [0.5, 0.6) is 0 Å². The maximum Gasteiger partial charge on any atom is 0.257 e. The van der Waals surface area contributed by atoms with Crippen LogP contribution in [0.15, 0.2) is 42.5 Å². The summed E-state index contributed by atoms with van der Waals surface area (Å²) in [6.45, 7) is 4.61. The first kappa shape index (κ1) is 26.3. The molecule has 194 valence electrons. The Bertz CT molecular complexity index is 1330. The van der Waals surface area contributed by atoms with E-state index in [4.69, 9.17) is 12.2 Å². The molecule has 0 saturated carbocycles. The molecule has 0 atom stereocenters. The Kier molecular flexibility index (Phi) is 7.63. The molecule has 0 spiro atoms. The van der Waals surface area contributed by atoms with E-state index in [1.807, 2.05) is 24.8 Å². The van der Waals surface area contributed by atoms with Crippen LogP contribution in [-0.2, 0) is 0 Å². The first-order valence-corrected chi connectivity index (χ1v) is 11.8. The smallest absolute Gasteiger partial charge is 0.257 e. The van der Waals surface area contributed by atoms with Crippen molar-refractivity contribution >= 4 is 40.3 Å². The van der Waals surface area contributed by atoms with Crippen molar-refractivity contribution in [1.82, 2.24) is 5.32 Å². The molecule has 1 aliphatic heterocycles. The molecule has 0 bridgehead atoms. The van der Waals surface area contributed by atoms with Gasteiger partial charge in [0.2, 0.25) is 5.82 Å².